The van der Waals surface area contributed by atoms with Crippen molar-refractivity contribution in [3.05, 3.63) is 38.9 Å². The number of hydrogen-bond donors (Lipinski definition) is 0. The van der Waals surface area contributed by atoms with Gasteiger partial charge in [-0.15, -0.1) is 0 Å². The summed E-state index contributed by atoms with van der Waals surface area (Å²) in [7, 11) is 0. The van der Waals surface area contributed by atoms with Crippen LogP contribution in [-0.2, 0) is 4.74 Å². The SMILES string of the molecule is CCOC(=O)c1c(C)cc(C)cc1[N+](=O)[O-]. The molecule has 0 saturated heterocycles. The number of esters is 1. The molecule has 1 aromatic carbocycles. The molecule has 0 bridgehead atoms. The van der Waals surface area contributed by atoms with Crippen LogP contribution in [0.2, 0.25) is 0 Å². The molecule has 5 heteroatoms. The number of hydrogen-bond acceptors (Lipinski definition) is 4. The van der Waals surface area contributed by atoms with E-state index in [9.17, 15) is 14.9 Å². The number of nitro benzene ring substituents is 1. The van der Waals surface area contributed by atoms with Gasteiger partial charge in [0.05, 0.1) is 11.5 Å². The molecule has 1 aromatic rings. The van der Waals surface area contributed by atoms with Gasteiger partial charge >= 0.3 is 5.97 Å². The van der Waals surface area contributed by atoms with Gasteiger partial charge in [-0.05, 0) is 31.9 Å². The Kier molecular flexibility index (Phi) is 3.60. The molecule has 0 aliphatic carbocycles. The Morgan fingerprint density at radius 3 is 2.56 bits per heavy atom. The zero-order valence-electron chi connectivity index (χ0n) is 9.44. The van der Waals surface area contributed by atoms with Crippen molar-refractivity contribution in [2.45, 2.75) is 20.8 Å². The maximum absolute atomic E-state index is 11.6. The van der Waals surface area contributed by atoms with Crippen molar-refractivity contribution in [3.8, 4) is 0 Å². The second-order valence-corrected chi connectivity index (χ2v) is 3.45. The third kappa shape index (κ3) is 2.36. The maximum Gasteiger partial charge on any atom is 0.345 e. The molecule has 0 aliphatic rings. The number of ether oxygens (including phenoxy) is 1. The molecule has 5 nitrogen and oxygen atoms in total. The van der Waals surface area contributed by atoms with Crippen LogP contribution in [0.5, 0.6) is 0 Å². The van der Waals surface area contributed by atoms with Crippen molar-refractivity contribution in [1.29, 1.82) is 0 Å². The lowest BCUT2D eigenvalue weighted by atomic mass is 10.0. The monoisotopic (exact) mass is 223 g/mol. The van der Waals surface area contributed by atoms with Crippen molar-refractivity contribution in [2.75, 3.05) is 6.61 Å². The maximum atomic E-state index is 11.6. The Hall–Kier alpha value is -1.91. The van der Waals surface area contributed by atoms with Crippen LogP contribution in [0.4, 0.5) is 5.69 Å². The minimum Gasteiger partial charge on any atom is -0.462 e. The smallest absolute Gasteiger partial charge is 0.345 e. The van der Waals surface area contributed by atoms with Crippen molar-refractivity contribution in [2.24, 2.45) is 0 Å². The summed E-state index contributed by atoms with van der Waals surface area (Å²) in [5.41, 5.74) is 1.15. The molecule has 0 atom stereocenters. The van der Waals surface area contributed by atoms with Crippen LogP contribution >= 0.6 is 0 Å². The first-order valence-corrected chi connectivity index (χ1v) is 4.90. The molecule has 0 heterocycles. The van der Waals surface area contributed by atoms with Gasteiger partial charge in [-0.1, -0.05) is 6.07 Å². The van der Waals surface area contributed by atoms with E-state index in [1.165, 1.54) is 6.07 Å². The van der Waals surface area contributed by atoms with Gasteiger partial charge in [-0.3, -0.25) is 10.1 Å². The highest BCUT2D eigenvalue weighted by molar-refractivity contribution is 5.95. The predicted octanol–water partition coefficient (Wildman–Crippen LogP) is 2.39. The molecular formula is C11H13NO4. The first-order chi connectivity index (χ1) is 7.47. The van der Waals surface area contributed by atoms with Gasteiger partial charge < -0.3 is 4.74 Å². The summed E-state index contributed by atoms with van der Waals surface area (Å²) >= 11 is 0. The van der Waals surface area contributed by atoms with Crippen molar-refractivity contribution < 1.29 is 14.5 Å². The third-order valence-electron chi connectivity index (χ3n) is 2.14. The topological polar surface area (TPSA) is 69.4 Å². The van der Waals surface area contributed by atoms with Crippen LogP contribution < -0.4 is 0 Å². The highest BCUT2D eigenvalue weighted by Gasteiger charge is 2.23. The number of carbonyl (C=O) groups is 1. The molecule has 0 fully saturated rings. The van der Waals surface area contributed by atoms with E-state index in [1.54, 1.807) is 26.8 Å². The summed E-state index contributed by atoms with van der Waals surface area (Å²) < 4.78 is 4.80. The minimum absolute atomic E-state index is 0.0393. The molecule has 0 amide bonds. The Bertz CT molecular complexity index is 440. The highest BCUT2D eigenvalue weighted by atomic mass is 16.6. The van der Waals surface area contributed by atoms with E-state index >= 15 is 0 Å². The van der Waals surface area contributed by atoms with Crippen molar-refractivity contribution >= 4 is 11.7 Å². The Morgan fingerprint density at radius 1 is 1.44 bits per heavy atom. The van der Waals surface area contributed by atoms with E-state index in [2.05, 4.69) is 0 Å². The lowest BCUT2D eigenvalue weighted by Crippen LogP contribution is -2.10. The number of aryl methyl sites for hydroxylation is 2. The average Bonchev–Trinajstić information content (AvgIpc) is 2.16. The number of carbonyl (C=O) groups excluding carboxylic acids is 1. The van der Waals surface area contributed by atoms with Gasteiger partial charge in [0, 0.05) is 6.07 Å². The van der Waals surface area contributed by atoms with Gasteiger partial charge in [0.1, 0.15) is 5.56 Å². The number of nitro groups is 1. The molecule has 0 N–H and O–H groups in total. The number of benzene rings is 1. The van der Waals surface area contributed by atoms with Crippen LogP contribution in [0.1, 0.15) is 28.4 Å². The van der Waals surface area contributed by atoms with E-state index < -0.39 is 10.9 Å². The fourth-order valence-corrected chi connectivity index (χ4v) is 1.56. The molecule has 0 radical (unpaired) electrons. The molecule has 0 unspecified atom stereocenters. The molecule has 16 heavy (non-hydrogen) atoms. The first-order valence-electron chi connectivity index (χ1n) is 4.90. The molecule has 0 aromatic heterocycles. The predicted molar refractivity (Wildman–Crippen MR) is 58.5 cm³/mol. The van der Waals surface area contributed by atoms with Crippen LogP contribution in [0, 0.1) is 24.0 Å². The van der Waals surface area contributed by atoms with Crippen LogP contribution in [0.3, 0.4) is 0 Å². The molecule has 0 spiro atoms. The minimum atomic E-state index is -0.647. The summed E-state index contributed by atoms with van der Waals surface area (Å²) in [6.45, 7) is 5.26. The normalized spacial score (nSPS) is 9.94. The molecular weight excluding hydrogens is 210 g/mol. The summed E-state index contributed by atoms with van der Waals surface area (Å²) in [6, 6.07) is 3.10. The highest BCUT2D eigenvalue weighted by Crippen LogP contribution is 2.24. The van der Waals surface area contributed by atoms with Crippen molar-refractivity contribution in [3.63, 3.8) is 0 Å². The lowest BCUT2D eigenvalue weighted by molar-refractivity contribution is -0.385. The molecule has 0 aliphatic heterocycles. The lowest BCUT2D eigenvalue weighted by Gasteiger charge is -2.07. The fraction of sp³-hybridized carbons (Fsp3) is 0.364. The van der Waals surface area contributed by atoms with E-state index in [1.807, 2.05) is 0 Å². The summed E-state index contributed by atoms with van der Waals surface area (Å²) in [5, 5.41) is 10.8. The Morgan fingerprint density at radius 2 is 2.06 bits per heavy atom. The quantitative estimate of drug-likeness (QED) is 0.448. The molecule has 1 rings (SSSR count). The number of rotatable bonds is 3. The summed E-state index contributed by atoms with van der Waals surface area (Å²) in [4.78, 5) is 21.8. The zero-order valence-corrected chi connectivity index (χ0v) is 9.44. The Labute approximate surface area is 93.2 Å². The molecule has 0 saturated carbocycles. The van der Waals surface area contributed by atoms with Crippen molar-refractivity contribution in [1.82, 2.24) is 0 Å². The average molecular weight is 223 g/mol. The van der Waals surface area contributed by atoms with Crippen LogP contribution in [-0.4, -0.2) is 17.5 Å². The van der Waals surface area contributed by atoms with Gasteiger partial charge in [0.25, 0.3) is 5.69 Å². The standard InChI is InChI=1S/C11H13NO4/c1-4-16-11(13)10-8(3)5-7(2)6-9(10)12(14)15/h5-6H,4H2,1-3H3. The van der Waals surface area contributed by atoms with E-state index in [-0.39, 0.29) is 17.9 Å². The van der Waals surface area contributed by atoms with Gasteiger partial charge in [-0.2, -0.15) is 0 Å². The molecule has 86 valence electrons. The van der Waals surface area contributed by atoms with Crippen LogP contribution in [0.25, 0.3) is 0 Å². The van der Waals surface area contributed by atoms with Gasteiger partial charge in [0.15, 0.2) is 0 Å². The zero-order chi connectivity index (χ0) is 12.3. The Balaban J connectivity index is 3.35. The largest absolute Gasteiger partial charge is 0.462 e. The van der Waals surface area contributed by atoms with E-state index in [4.69, 9.17) is 4.74 Å². The third-order valence-corrected chi connectivity index (χ3v) is 2.14. The van der Waals surface area contributed by atoms with Gasteiger partial charge in [0.2, 0.25) is 0 Å². The van der Waals surface area contributed by atoms with Gasteiger partial charge in [-0.25, -0.2) is 4.79 Å². The summed E-state index contributed by atoms with van der Waals surface area (Å²) in [6.07, 6.45) is 0. The van der Waals surface area contributed by atoms with E-state index in [0.717, 1.165) is 5.56 Å². The second kappa shape index (κ2) is 4.74. The second-order valence-electron chi connectivity index (χ2n) is 3.45. The van der Waals surface area contributed by atoms with Crippen LogP contribution in [0.15, 0.2) is 12.1 Å². The number of nitrogens with zero attached hydrogens (tertiary/aromatic N) is 1. The van der Waals surface area contributed by atoms with E-state index in [0.29, 0.717) is 5.56 Å². The summed E-state index contributed by atoms with van der Waals surface area (Å²) in [5.74, 6) is -0.647. The fourth-order valence-electron chi connectivity index (χ4n) is 1.56. The first kappa shape index (κ1) is 12.2.